The number of rotatable bonds is 1. The lowest BCUT2D eigenvalue weighted by Crippen LogP contribution is -2.11. The van der Waals surface area contributed by atoms with E-state index in [2.05, 4.69) is 9.97 Å². The number of nitrogens with one attached hydrogen (secondary N) is 1. The zero-order valence-corrected chi connectivity index (χ0v) is 7.54. The fourth-order valence-electron chi connectivity index (χ4n) is 0.549. The van der Waals surface area contributed by atoms with Gasteiger partial charge in [0, 0.05) is 19.2 Å². The summed E-state index contributed by atoms with van der Waals surface area (Å²) < 4.78 is 0. The van der Waals surface area contributed by atoms with Gasteiger partial charge in [0.25, 0.3) is 5.56 Å². The molecule has 1 rings (SSSR count). The summed E-state index contributed by atoms with van der Waals surface area (Å²) in [5.41, 5.74) is -0.305. The summed E-state index contributed by atoms with van der Waals surface area (Å²) in [4.78, 5) is 27.0. The highest BCUT2D eigenvalue weighted by molar-refractivity contribution is 8.93. The molecule has 0 aliphatic heterocycles. The summed E-state index contributed by atoms with van der Waals surface area (Å²) in [5.74, 6) is -0.134. The van der Waals surface area contributed by atoms with E-state index in [1.807, 2.05) is 0 Å². The first-order valence-corrected chi connectivity index (χ1v) is 2.76. The molecular formula is C6H7BrN2O2. The van der Waals surface area contributed by atoms with Crippen molar-refractivity contribution < 1.29 is 4.79 Å². The smallest absolute Gasteiger partial charge is 0.251 e. The van der Waals surface area contributed by atoms with E-state index in [1.165, 1.54) is 19.2 Å². The minimum atomic E-state index is -0.305. The van der Waals surface area contributed by atoms with Crippen molar-refractivity contribution >= 4 is 22.8 Å². The van der Waals surface area contributed by atoms with Gasteiger partial charge in [-0.25, -0.2) is 4.98 Å². The van der Waals surface area contributed by atoms with Crippen LogP contribution >= 0.6 is 17.0 Å². The molecule has 60 valence electrons. The van der Waals surface area contributed by atoms with Crippen LogP contribution in [0.1, 0.15) is 17.5 Å². The second-order valence-corrected chi connectivity index (χ2v) is 1.84. The van der Waals surface area contributed by atoms with Crippen LogP contribution < -0.4 is 5.56 Å². The summed E-state index contributed by atoms with van der Waals surface area (Å²) in [6.07, 6.45) is 1.30. The van der Waals surface area contributed by atoms with E-state index < -0.39 is 0 Å². The summed E-state index contributed by atoms with van der Waals surface area (Å²) in [7, 11) is 0. The van der Waals surface area contributed by atoms with E-state index >= 15 is 0 Å². The average molecular weight is 219 g/mol. The third-order valence-corrected chi connectivity index (χ3v) is 1.00. The fraction of sp³-hybridized carbons (Fsp3) is 0.167. The van der Waals surface area contributed by atoms with Gasteiger partial charge in [0.05, 0.1) is 0 Å². The molecule has 0 amide bonds. The van der Waals surface area contributed by atoms with Crippen molar-refractivity contribution in [2.24, 2.45) is 0 Å². The van der Waals surface area contributed by atoms with Crippen molar-refractivity contribution in [3.05, 3.63) is 28.4 Å². The van der Waals surface area contributed by atoms with Gasteiger partial charge in [0.15, 0.2) is 11.6 Å². The van der Waals surface area contributed by atoms with Crippen LogP contribution in [0.5, 0.6) is 0 Å². The van der Waals surface area contributed by atoms with Crippen molar-refractivity contribution in [3.8, 4) is 0 Å². The molecule has 0 fully saturated rings. The molecule has 1 heterocycles. The number of hydrogen-bond donors (Lipinski definition) is 1. The maximum Gasteiger partial charge on any atom is 0.251 e. The van der Waals surface area contributed by atoms with Gasteiger partial charge in [-0.3, -0.25) is 9.59 Å². The Bertz CT molecular complexity index is 307. The Hall–Kier alpha value is -0.970. The third kappa shape index (κ3) is 2.63. The highest BCUT2D eigenvalue weighted by atomic mass is 79.9. The summed E-state index contributed by atoms with van der Waals surface area (Å²) >= 11 is 0. The van der Waals surface area contributed by atoms with Crippen LogP contribution in [0.2, 0.25) is 0 Å². The number of aromatic amines is 1. The molecule has 5 heteroatoms. The van der Waals surface area contributed by atoms with Crippen LogP contribution in [-0.2, 0) is 0 Å². The number of ketones is 1. The third-order valence-electron chi connectivity index (χ3n) is 1.00. The predicted molar refractivity (Wildman–Crippen MR) is 45.2 cm³/mol. The first-order chi connectivity index (χ1) is 4.70. The molecule has 0 unspecified atom stereocenters. The van der Waals surface area contributed by atoms with Gasteiger partial charge in [-0.2, -0.15) is 0 Å². The Labute approximate surface area is 73.4 Å². The quantitative estimate of drug-likeness (QED) is 0.701. The normalized spacial score (nSPS) is 8.45. The van der Waals surface area contributed by atoms with Gasteiger partial charge in [0.2, 0.25) is 0 Å². The first-order valence-electron chi connectivity index (χ1n) is 2.76. The van der Waals surface area contributed by atoms with Crippen LogP contribution in [-0.4, -0.2) is 15.8 Å². The molecule has 0 bridgehead atoms. The molecule has 0 saturated heterocycles. The maximum atomic E-state index is 10.6. The monoisotopic (exact) mass is 218 g/mol. The highest BCUT2D eigenvalue weighted by Gasteiger charge is 1.98. The summed E-state index contributed by atoms with van der Waals surface area (Å²) in [6, 6.07) is 1.26. The number of halogens is 1. The Balaban J connectivity index is 0.000001000. The van der Waals surface area contributed by atoms with Crippen LogP contribution in [0, 0.1) is 0 Å². The zero-order chi connectivity index (χ0) is 7.56. The van der Waals surface area contributed by atoms with Gasteiger partial charge in [-0.15, -0.1) is 17.0 Å². The highest BCUT2D eigenvalue weighted by Crippen LogP contribution is 1.83. The molecule has 0 radical (unpaired) electrons. The molecule has 0 spiro atoms. The van der Waals surface area contributed by atoms with Crippen molar-refractivity contribution in [1.82, 2.24) is 9.97 Å². The fourth-order valence-corrected chi connectivity index (χ4v) is 0.549. The number of H-pyrrole nitrogens is 1. The van der Waals surface area contributed by atoms with Crippen molar-refractivity contribution in [3.63, 3.8) is 0 Å². The van der Waals surface area contributed by atoms with Gasteiger partial charge < -0.3 is 4.98 Å². The van der Waals surface area contributed by atoms with Crippen molar-refractivity contribution in [1.29, 1.82) is 0 Å². The lowest BCUT2D eigenvalue weighted by Gasteiger charge is -1.89. The minimum Gasteiger partial charge on any atom is -0.304 e. The number of carbonyl (C=O) groups excluding carboxylic acids is 1. The SMILES string of the molecule is Br.CC(=O)c1nccc(=O)[nH]1. The van der Waals surface area contributed by atoms with Gasteiger partial charge in [0.1, 0.15) is 0 Å². The topological polar surface area (TPSA) is 62.8 Å². The molecule has 0 aliphatic carbocycles. The van der Waals surface area contributed by atoms with Gasteiger partial charge in [-0.05, 0) is 0 Å². The maximum absolute atomic E-state index is 10.6. The Morgan fingerprint density at radius 1 is 1.64 bits per heavy atom. The van der Waals surface area contributed by atoms with E-state index in [1.54, 1.807) is 0 Å². The van der Waals surface area contributed by atoms with E-state index in [0.717, 1.165) is 0 Å². The standard InChI is InChI=1S/C6H6N2O2.BrH/c1-4(9)6-7-3-2-5(10)8-6;/h2-3H,1H3,(H,7,8,10);1H. The molecule has 0 aromatic carbocycles. The minimum absolute atomic E-state index is 0. The molecule has 0 saturated carbocycles. The summed E-state index contributed by atoms with van der Waals surface area (Å²) in [6.45, 7) is 1.35. The Kier molecular flexibility index (Phi) is 3.67. The Morgan fingerprint density at radius 3 is 2.64 bits per heavy atom. The molecule has 0 atom stereocenters. The second kappa shape index (κ2) is 4.02. The molecule has 0 aliphatic rings. The van der Waals surface area contributed by atoms with E-state index in [0.29, 0.717) is 0 Å². The van der Waals surface area contributed by atoms with Gasteiger partial charge >= 0.3 is 0 Å². The number of carbonyl (C=O) groups is 1. The van der Waals surface area contributed by atoms with E-state index in [-0.39, 0.29) is 34.1 Å². The number of nitrogens with zero attached hydrogens (tertiary/aromatic N) is 1. The van der Waals surface area contributed by atoms with E-state index in [4.69, 9.17) is 0 Å². The van der Waals surface area contributed by atoms with Gasteiger partial charge in [-0.1, -0.05) is 0 Å². The second-order valence-electron chi connectivity index (χ2n) is 1.84. The first kappa shape index (κ1) is 10.0. The molecule has 4 nitrogen and oxygen atoms in total. The lowest BCUT2D eigenvalue weighted by atomic mass is 10.4. The molecule has 1 N–H and O–H groups in total. The largest absolute Gasteiger partial charge is 0.304 e. The molecule has 1 aromatic rings. The van der Waals surface area contributed by atoms with Crippen molar-refractivity contribution in [2.75, 3.05) is 0 Å². The molecule has 11 heavy (non-hydrogen) atoms. The number of Topliss-reactive ketones (excluding diaryl/α,β-unsaturated/α-hetero) is 1. The molecular weight excluding hydrogens is 212 g/mol. The van der Waals surface area contributed by atoms with Crippen molar-refractivity contribution in [2.45, 2.75) is 6.92 Å². The van der Waals surface area contributed by atoms with E-state index in [9.17, 15) is 9.59 Å². The summed E-state index contributed by atoms with van der Waals surface area (Å²) in [5, 5.41) is 0. The average Bonchev–Trinajstić information content (AvgIpc) is 1.88. The predicted octanol–water partition coefficient (Wildman–Crippen LogP) is 0.550. The zero-order valence-electron chi connectivity index (χ0n) is 5.83. The number of aromatic nitrogens is 2. The number of hydrogen-bond acceptors (Lipinski definition) is 3. The van der Waals surface area contributed by atoms with Crippen LogP contribution in [0.4, 0.5) is 0 Å². The van der Waals surface area contributed by atoms with Crippen LogP contribution in [0.3, 0.4) is 0 Å². The van der Waals surface area contributed by atoms with Crippen LogP contribution in [0.25, 0.3) is 0 Å². The lowest BCUT2D eigenvalue weighted by molar-refractivity contribution is 0.100. The molecule has 1 aromatic heterocycles. The van der Waals surface area contributed by atoms with Crippen LogP contribution in [0.15, 0.2) is 17.1 Å². The Morgan fingerprint density at radius 2 is 2.27 bits per heavy atom.